The minimum atomic E-state index is 0.107. The fourth-order valence-electron chi connectivity index (χ4n) is 3.79. The molecule has 0 radical (unpaired) electrons. The number of hydrogen-bond donors (Lipinski definition) is 0. The molecule has 4 heteroatoms. The molecule has 1 aromatic rings. The third-order valence-electron chi connectivity index (χ3n) is 5.26. The Morgan fingerprint density at radius 1 is 1.04 bits per heavy atom. The molecule has 0 unspecified atom stereocenters. The Bertz CT molecular complexity index is 570. The number of hydrogen-bond acceptors (Lipinski definition) is 3. The number of rotatable bonds is 4. The van der Waals surface area contributed by atoms with Crippen molar-refractivity contribution in [2.45, 2.75) is 40.2 Å². The molecule has 0 spiro atoms. The van der Waals surface area contributed by atoms with E-state index >= 15 is 0 Å². The molecule has 4 nitrogen and oxygen atoms in total. The van der Waals surface area contributed by atoms with Gasteiger partial charge in [0, 0.05) is 57.4 Å². The Morgan fingerprint density at radius 3 is 2.33 bits per heavy atom. The molecule has 1 aromatic carbocycles. The van der Waals surface area contributed by atoms with E-state index in [9.17, 15) is 4.79 Å². The van der Waals surface area contributed by atoms with Gasteiger partial charge in [0.15, 0.2) is 0 Å². The molecule has 2 heterocycles. The molecule has 0 saturated carbocycles. The topological polar surface area (TPSA) is 26.8 Å². The van der Waals surface area contributed by atoms with Gasteiger partial charge in [-0.15, -0.1) is 0 Å². The highest BCUT2D eigenvalue weighted by molar-refractivity contribution is 5.78. The second-order valence-corrected chi connectivity index (χ2v) is 7.58. The molecule has 3 rings (SSSR count). The number of aryl methyl sites for hydroxylation is 1. The lowest BCUT2D eigenvalue weighted by Gasteiger charge is -2.36. The quantitative estimate of drug-likeness (QED) is 0.850. The van der Waals surface area contributed by atoms with Gasteiger partial charge in [0.25, 0.3) is 0 Å². The number of carbonyl (C=O) groups excluding carboxylic acids is 1. The van der Waals surface area contributed by atoms with Crippen LogP contribution in [0.4, 0.5) is 5.69 Å². The number of carbonyl (C=O) groups is 1. The van der Waals surface area contributed by atoms with Crippen LogP contribution in [0.5, 0.6) is 0 Å². The first-order valence-corrected chi connectivity index (χ1v) is 9.40. The summed E-state index contributed by atoms with van der Waals surface area (Å²) in [4.78, 5) is 19.2. The molecule has 2 fully saturated rings. The van der Waals surface area contributed by atoms with Gasteiger partial charge in [-0.25, -0.2) is 0 Å². The Morgan fingerprint density at radius 2 is 1.71 bits per heavy atom. The maximum Gasteiger partial charge on any atom is 0.225 e. The van der Waals surface area contributed by atoms with Gasteiger partial charge in [-0.2, -0.15) is 0 Å². The molecule has 2 saturated heterocycles. The van der Waals surface area contributed by atoms with Gasteiger partial charge in [0.05, 0.1) is 0 Å². The number of benzene rings is 1. The summed E-state index contributed by atoms with van der Waals surface area (Å²) in [6.07, 6.45) is 2.62. The van der Waals surface area contributed by atoms with Crippen LogP contribution in [0.1, 0.15) is 37.8 Å². The van der Waals surface area contributed by atoms with E-state index in [0.717, 1.165) is 32.7 Å². The van der Waals surface area contributed by atoms with Crippen LogP contribution in [0.2, 0.25) is 0 Å². The van der Waals surface area contributed by atoms with Crippen molar-refractivity contribution >= 4 is 11.6 Å². The molecule has 0 bridgehead atoms. The highest BCUT2D eigenvalue weighted by Gasteiger charge is 2.24. The van der Waals surface area contributed by atoms with Crippen LogP contribution in [0, 0.1) is 12.8 Å². The van der Waals surface area contributed by atoms with Gasteiger partial charge in [-0.3, -0.25) is 9.69 Å². The zero-order valence-corrected chi connectivity index (χ0v) is 15.4. The molecule has 132 valence electrons. The van der Waals surface area contributed by atoms with Crippen molar-refractivity contribution in [2.24, 2.45) is 5.92 Å². The van der Waals surface area contributed by atoms with Crippen LogP contribution < -0.4 is 4.90 Å². The second-order valence-electron chi connectivity index (χ2n) is 7.58. The van der Waals surface area contributed by atoms with Crippen LogP contribution in [-0.2, 0) is 11.3 Å². The predicted molar refractivity (Wildman–Crippen MR) is 99.3 cm³/mol. The van der Waals surface area contributed by atoms with Crippen molar-refractivity contribution in [3.63, 3.8) is 0 Å². The van der Waals surface area contributed by atoms with Crippen molar-refractivity contribution < 1.29 is 4.79 Å². The van der Waals surface area contributed by atoms with Crippen molar-refractivity contribution in [3.8, 4) is 0 Å². The van der Waals surface area contributed by atoms with Crippen LogP contribution in [0.15, 0.2) is 18.2 Å². The van der Waals surface area contributed by atoms with E-state index in [0.29, 0.717) is 5.91 Å². The number of piperazine rings is 1. The summed E-state index contributed by atoms with van der Waals surface area (Å²) in [5.74, 6) is 0.401. The first kappa shape index (κ1) is 17.3. The van der Waals surface area contributed by atoms with Crippen LogP contribution in [-0.4, -0.2) is 55.0 Å². The Kier molecular flexibility index (Phi) is 5.44. The highest BCUT2D eigenvalue weighted by atomic mass is 16.2. The molecule has 0 atom stereocenters. The Hall–Kier alpha value is -1.55. The molecule has 1 amide bonds. The molecule has 2 aliphatic heterocycles. The van der Waals surface area contributed by atoms with Crippen LogP contribution in [0.3, 0.4) is 0 Å². The summed E-state index contributed by atoms with van der Waals surface area (Å²) in [5.41, 5.74) is 4.20. The first-order valence-electron chi connectivity index (χ1n) is 9.40. The fourth-order valence-corrected chi connectivity index (χ4v) is 3.79. The first-order chi connectivity index (χ1) is 11.5. The lowest BCUT2D eigenvalue weighted by atomic mass is 10.1. The number of amides is 1. The minimum Gasteiger partial charge on any atom is -0.371 e. The standard InChI is InChI=1S/C20H31N3O/c1-16(2)20(24)23-12-10-21(11-13-23)15-18-7-6-17(3)14-19(18)22-8-4-5-9-22/h6-7,14,16H,4-5,8-13,15H2,1-3H3. The van der Waals surface area contributed by atoms with Crippen LogP contribution >= 0.6 is 0 Å². The molecule has 24 heavy (non-hydrogen) atoms. The Balaban J connectivity index is 1.64. The van der Waals surface area contributed by atoms with E-state index in [-0.39, 0.29) is 5.92 Å². The highest BCUT2D eigenvalue weighted by Crippen LogP contribution is 2.27. The van der Waals surface area contributed by atoms with Gasteiger partial charge in [-0.1, -0.05) is 26.0 Å². The third-order valence-corrected chi connectivity index (χ3v) is 5.26. The monoisotopic (exact) mass is 329 g/mol. The average molecular weight is 329 g/mol. The molecular weight excluding hydrogens is 298 g/mol. The third kappa shape index (κ3) is 3.92. The summed E-state index contributed by atoms with van der Waals surface area (Å²) < 4.78 is 0. The van der Waals surface area contributed by atoms with Gasteiger partial charge in [0.1, 0.15) is 0 Å². The smallest absolute Gasteiger partial charge is 0.225 e. The van der Waals surface area contributed by atoms with Crippen molar-refractivity contribution in [2.75, 3.05) is 44.2 Å². The van der Waals surface area contributed by atoms with E-state index in [1.54, 1.807) is 0 Å². The van der Waals surface area contributed by atoms with Crippen molar-refractivity contribution in [1.29, 1.82) is 0 Å². The van der Waals surface area contributed by atoms with Gasteiger partial charge in [0.2, 0.25) is 5.91 Å². The molecule has 2 aliphatic rings. The van der Waals surface area contributed by atoms with E-state index in [4.69, 9.17) is 0 Å². The van der Waals surface area contributed by atoms with E-state index in [1.807, 2.05) is 18.7 Å². The van der Waals surface area contributed by atoms with Crippen LogP contribution in [0.25, 0.3) is 0 Å². The maximum atomic E-state index is 12.1. The summed E-state index contributed by atoms with van der Waals surface area (Å²) in [7, 11) is 0. The normalized spacial score (nSPS) is 19.3. The fraction of sp³-hybridized carbons (Fsp3) is 0.650. The molecule has 0 aromatic heterocycles. The summed E-state index contributed by atoms with van der Waals surface area (Å²) >= 11 is 0. The summed E-state index contributed by atoms with van der Waals surface area (Å²) in [6.45, 7) is 13.2. The van der Waals surface area contributed by atoms with Gasteiger partial charge in [-0.05, 0) is 37.0 Å². The lowest BCUT2D eigenvalue weighted by molar-refractivity contribution is -0.136. The summed E-state index contributed by atoms with van der Waals surface area (Å²) in [6, 6.07) is 6.88. The SMILES string of the molecule is Cc1ccc(CN2CCN(C(=O)C(C)C)CC2)c(N2CCCC2)c1. The molecule has 0 aliphatic carbocycles. The minimum absolute atomic E-state index is 0.107. The summed E-state index contributed by atoms with van der Waals surface area (Å²) in [5, 5.41) is 0. The lowest BCUT2D eigenvalue weighted by Crippen LogP contribution is -2.49. The van der Waals surface area contributed by atoms with Gasteiger partial charge >= 0.3 is 0 Å². The zero-order chi connectivity index (χ0) is 17.1. The Labute approximate surface area is 146 Å². The largest absolute Gasteiger partial charge is 0.371 e. The zero-order valence-electron chi connectivity index (χ0n) is 15.4. The number of nitrogens with zero attached hydrogens (tertiary/aromatic N) is 3. The van der Waals surface area contributed by atoms with E-state index in [2.05, 4.69) is 34.9 Å². The molecular formula is C20H31N3O. The van der Waals surface area contributed by atoms with E-state index < -0.39 is 0 Å². The molecule has 0 N–H and O–H groups in total. The maximum absolute atomic E-state index is 12.1. The predicted octanol–water partition coefficient (Wildman–Crippen LogP) is 2.90. The second kappa shape index (κ2) is 7.56. The average Bonchev–Trinajstić information content (AvgIpc) is 3.11. The van der Waals surface area contributed by atoms with Crippen molar-refractivity contribution in [3.05, 3.63) is 29.3 Å². The van der Waals surface area contributed by atoms with E-state index in [1.165, 1.54) is 42.7 Å². The van der Waals surface area contributed by atoms with Crippen molar-refractivity contribution in [1.82, 2.24) is 9.80 Å². The van der Waals surface area contributed by atoms with Gasteiger partial charge < -0.3 is 9.80 Å². The number of anilines is 1.